The van der Waals surface area contributed by atoms with Crippen LogP contribution in [0.15, 0.2) is 54.7 Å². The molecule has 2 heterocycles. The highest BCUT2D eigenvalue weighted by molar-refractivity contribution is 5.86. The maximum absolute atomic E-state index is 12.9. The van der Waals surface area contributed by atoms with E-state index < -0.39 is 0 Å². The molecule has 2 N–H and O–H groups in total. The Kier molecular flexibility index (Phi) is 6.67. The zero-order valence-corrected chi connectivity index (χ0v) is 17.4. The SMILES string of the molecule is COc1ccccc1C(CC(=O)NCCN1CCOCC1)c1c[nH]c2ccccc12. The molecule has 0 aliphatic carbocycles. The van der Waals surface area contributed by atoms with Crippen molar-refractivity contribution in [2.75, 3.05) is 46.5 Å². The van der Waals surface area contributed by atoms with E-state index in [0.29, 0.717) is 13.0 Å². The van der Waals surface area contributed by atoms with E-state index in [1.54, 1.807) is 7.11 Å². The van der Waals surface area contributed by atoms with Crippen LogP contribution in [0, 0.1) is 0 Å². The van der Waals surface area contributed by atoms with Crippen molar-refractivity contribution >= 4 is 16.8 Å². The second-order valence-corrected chi connectivity index (χ2v) is 7.59. The zero-order valence-electron chi connectivity index (χ0n) is 17.4. The van der Waals surface area contributed by atoms with Crippen LogP contribution in [0.1, 0.15) is 23.5 Å². The third kappa shape index (κ3) is 4.66. The minimum Gasteiger partial charge on any atom is -0.496 e. The topological polar surface area (TPSA) is 66.6 Å². The number of methoxy groups -OCH3 is 1. The first-order valence-electron chi connectivity index (χ1n) is 10.5. The van der Waals surface area contributed by atoms with Gasteiger partial charge in [0.25, 0.3) is 0 Å². The average molecular weight is 408 g/mol. The van der Waals surface area contributed by atoms with Crippen LogP contribution in [0.4, 0.5) is 0 Å². The third-order valence-corrected chi connectivity index (χ3v) is 5.75. The maximum Gasteiger partial charge on any atom is 0.220 e. The second-order valence-electron chi connectivity index (χ2n) is 7.59. The monoisotopic (exact) mass is 407 g/mol. The number of morpholine rings is 1. The minimum absolute atomic E-state index is 0.0458. The van der Waals surface area contributed by atoms with Crippen molar-refractivity contribution in [1.29, 1.82) is 0 Å². The first-order valence-corrected chi connectivity index (χ1v) is 10.5. The van der Waals surface area contributed by atoms with Crippen molar-refractivity contribution in [3.63, 3.8) is 0 Å². The number of hydrogen-bond donors (Lipinski definition) is 2. The van der Waals surface area contributed by atoms with Crippen LogP contribution in [-0.4, -0.2) is 62.3 Å². The summed E-state index contributed by atoms with van der Waals surface area (Å²) in [6, 6.07) is 16.1. The van der Waals surface area contributed by atoms with Gasteiger partial charge in [-0.3, -0.25) is 9.69 Å². The van der Waals surface area contributed by atoms with Gasteiger partial charge in [-0.25, -0.2) is 0 Å². The molecule has 0 saturated carbocycles. The van der Waals surface area contributed by atoms with E-state index >= 15 is 0 Å². The summed E-state index contributed by atoms with van der Waals surface area (Å²) in [5.74, 6) is 0.749. The summed E-state index contributed by atoms with van der Waals surface area (Å²) < 4.78 is 11.0. The molecule has 4 rings (SSSR count). The molecule has 1 aliphatic rings. The molecular formula is C24H29N3O3. The second kappa shape index (κ2) is 9.78. The Bertz CT molecular complexity index is 978. The summed E-state index contributed by atoms with van der Waals surface area (Å²) in [7, 11) is 1.67. The fraction of sp³-hybridized carbons (Fsp3) is 0.375. The standard InChI is InChI=1S/C24H29N3O3/c1-29-23-9-5-3-7-19(23)20(21-17-26-22-8-4-2-6-18(21)22)16-24(28)25-10-11-27-12-14-30-15-13-27/h2-9,17,20,26H,10-16H2,1H3,(H,25,28). The number of H-pyrrole nitrogens is 1. The Morgan fingerprint density at radius 3 is 2.73 bits per heavy atom. The Balaban J connectivity index is 1.52. The van der Waals surface area contributed by atoms with Crippen molar-refractivity contribution in [3.8, 4) is 5.75 Å². The molecule has 1 aliphatic heterocycles. The van der Waals surface area contributed by atoms with Crippen molar-refractivity contribution in [3.05, 3.63) is 65.9 Å². The molecule has 0 radical (unpaired) electrons. The highest BCUT2D eigenvalue weighted by Crippen LogP contribution is 2.37. The lowest BCUT2D eigenvalue weighted by Gasteiger charge is -2.26. The van der Waals surface area contributed by atoms with Crippen LogP contribution in [-0.2, 0) is 9.53 Å². The van der Waals surface area contributed by atoms with Gasteiger partial charge in [0.1, 0.15) is 5.75 Å². The average Bonchev–Trinajstić information content (AvgIpc) is 3.22. The van der Waals surface area contributed by atoms with Crippen molar-refractivity contribution in [2.24, 2.45) is 0 Å². The first kappa shape index (κ1) is 20.4. The maximum atomic E-state index is 12.9. The molecule has 6 heteroatoms. The summed E-state index contributed by atoms with van der Waals surface area (Å²) in [6.07, 6.45) is 2.38. The van der Waals surface area contributed by atoms with E-state index in [0.717, 1.165) is 60.6 Å². The predicted molar refractivity (Wildman–Crippen MR) is 118 cm³/mol. The molecule has 1 fully saturated rings. The van der Waals surface area contributed by atoms with Gasteiger partial charge in [0.05, 0.1) is 20.3 Å². The minimum atomic E-state index is -0.0966. The molecule has 1 atom stereocenters. The molecular weight excluding hydrogens is 378 g/mol. The van der Waals surface area contributed by atoms with Gasteiger partial charge >= 0.3 is 0 Å². The number of aromatic nitrogens is 1. The highest BCUT2D eigenvalue weighted by atomic mass is 16.5. The lowest BCUT2D eigenvalue weighted by Crippen LogP contribution is -2.41. The molecule has 2 aromatic carbocycles. The molecule has 1 unspecified atom stereocenters. The summed E-state index contributed by atoms with van der Waals surface area (Å²) in [5.41, 5.74) is 3.20. The zero-order chi connectivity index (χ0) is 20.8. The van der Waals surface area contributed by atoms with Crippen LogP contribution in [0.5, 0.6) is 5.75 Å². The summed E-state index contributed by atoms with van der Waals surface area (Å²) in [5, 5.41) is 4.24. The predicted octanol–water partition coefficient (Wildman–Crippen LogP) is 3.15. The number of carbonyl (C=O) groups excluding carboxylic acids is 1. The van der Waals surface area contributed by atoms with Crippen LogP contribution >= 0.6 is 0 Å². The Morgan fingerprint density at radius 1 is 1.13 bits per heavy atom. The van der Waals surface area contributed by atoms with Gasteiger partial charge in [-0.15, -0.1) is 0 Å². The largest absolute Gasteiger partial charge is 0.496 e. The third-order valence-electron chi connectivity index (χ3n) is 5.75. The summed E-state index contributed by atoms with van der Waals surface area (Å²) in [4.78, 5) is 18.6. The van der Waals surface area contributed by atoms with E-state index in [9.17, 15) is 4.79 Å². The fourth-order valence-corrected chi connectivity index (χ4v) is 4.16. The van der Waals surface area contributed by atoms with E-state index in [-0.39, 0.29) is 11.8 Å². The number of nitrogens with zero attached hydrogens (tertiary/aromatic N) is 1. The number of carbonyl (C=O) groups is 1. The van der Waals surface area contributed by atoms with Gasteiger partial charge in [0.2, 0.25) is 5.91 Å². The van der Waals surface area contributed by atoms with Crippen LogP contribution < -0.4 is 10.1 Å². The van der Waals surface area contributed by atoms with Crippen molar-refractivity contribution in [2.45, 2.75) is 12.3 Å². The van der Waals surface area contributed by atoms with Gasteiger partial charge in [0, 0.05) is 61.2 Å². The summed E-state index contributed by atoms with van der Waals surface area (Å²) in [6.45, 7) is 4.88. The normalized spacial score (nSPS) is 15.8. The molecule has 30 heavy (non-hydrogen) atoms. The van der Waals surface area contributed by atoms with Gasteiger partial charge in [-0.05, 0) is 17.7 Å². The number of fused-ring (bicyclic) bond motifs is 1. The number of hydrogen-bond acceptors (Lipinski definition) is 4. The van der Waals surface area contributed by atoms with Crippen LogP contribution in [0.2, 0.25) is 0 Å². The number of nitrogens with one attached hydrogen (secondary N) is 2. The number of ether oxygens (including phenoxy) is 2. The van der Waals surface area contributed by atoms with Gasteiger partial charge in [-0.1, -0.05) is 36.4 Å². The number of benzene rings is 2. The van der Waals surface area contributed by atoms with Crippen LogP contribution in [0.3, 0.4) is 0 Å². The van der Waals surface area contributed by atoms with E-state index in [2.05, 4.69) is 27.3 Å². The number of para-hydroxylation sites is 2. The Hall–Kier alpha value is -2.83. The fourth-order valence-electron chi connectivity index (χ4n) is 4.16. The van der Waals surface area contributed by atoms with Crippen molar-refractivity contribution in [1.82, 2.24) is 15.2 Å². The number of aromatic amines is 1. The molecule has 1 amide bonds. The van der Waals surface area contributed by atoms with E-state index in [4.69, 9.17) is 9.47 Å². The molecule has 3 aromatic rings. The molecule has 1 aromatic heterocycles. The van der Waals surface area contributed by atoms with Gasteiger partial charge in [0.15, 0.2) is 0 Å². The van der Waals surface area contributed by atoms with Gasteiger partial charge < -0.3 is 19.8 Å². The number of amides is 1. The van der Waals surface area contributed by atoms with Crippen molar-refractivity contribution < 1.29 is 14.3 Å². The molecule has 1 saturated heterocycles. The van der Waals surface area contributed by atoms with Gasteiger partial charge in [-0.2, -0.15) is 0 Å². The Labute approximate surface area is 177 Å². The highest BCUT2D eigenvalue weighted by Gasteiger charge is 2.24. The molecule has 158 valence electrons. The van der Waals surface area contributed by atoms with E-state index in [1.165, 1.54) is 0 Å². The molecule has 6 nitrogen and oxygen atoms in total. The summed E-state index contributed by atoms with van der Waals surface area (Å²) >= 11 is 0. The van der Waals surface area contributed by atoms with E-state index in [1.807, 2.05) is 42.6 Å². The smallest absolute Gasteiger partial charge is 0.220 e. The molecule has 0 spiro atoms. The number of rotatable bonds is 8. The Morgan fingerprint density at radius 2 is 1.90 bits per heavy atom. The lowest BCUT2D eigenvalue weighted by molar-refractivity contribution is -0.121. The lowest BCUT2D eigenvalue weighted by atomic mass is 9.87. The van der Waals surface area contributed by atoms with Crippen LogP contribution in [0.25, 0.3) is 10.9 Å². The quantitative estimate of drug-likeness (QED) is 0.602. The molecule has 0 bridgehead atoms. The first-order chi connectivity index (χ1) is 14.8.